The molecule has 82 valence electrons. The number of rotatable bonds is 4. The van der Waals surface area contributed by atoms with Crippen molar-refractivity contribution in [3.63, 3.8) is 0 Å². The van der Waals surface area contributed by atoms with Gasteiger partial charge in [-0.2, -0.15) is 0 Å². The molecule has 6 nitrogen and oxygen atoms in total. The minimum absolute atomic E-state index is 0.164. The highest BCUT2D eigenvalue weighted by atomic mass is 16.4. The van der Waals surface area contributed by atoms with Crippen molar-refractivity contribution in [1.29, 1.82) is 0 Å². The van der Waals surface area contributed by atoms with E-state index < -0.39 is 5.97 Å². The van der Waals surface area contributed by atoms with Crippen LogP contribution in [0.25, 0.3) is 16.5 Å². The average Bonchev–Trinajstić information content (AvgIpc) is 2.26. The second-order valence-corrected chi connectivity index (χ2v) is 2.96. The van der Waals surface area contributed by atoms with Gasteiger partial charge in [-0.1, -0.05) is 17.3 Å². The van der Waals surface area contributed by atoms with Crippen LogP contribution in [0.3, 0.4) is 0 Å². The van der Waals surface area contributed by atoms with E-state index in [4.69, 9.17) is 16.4 Å². The highest BCUT2D eigenvalue weighted by Gasteiger charge is 2.04. The first-order chi connectivity index (χ1) is 7.65. The van der Waals surface area contributed by atoms with Gasteiger partial charge in [-0.25, -0.2) is 4.79 Å². The Bertz CT molecular complexity index is 476. The minimum atomic E-state index is -1.01. The largest absolute Gasteiger partial charge is 0.478 e. The maximum atomic E-state index is 10.7. The lowest BCUT2D eigenvalue weighted by Gasteiger charge is -2.01. The predicted molar refractivity (Wildman–Crippen MR) is 60.9 cm³/mol. The molecule has 0 atom stereocenters. The molecule has 3 N–H and O–H groups in total. The first-order valence-corrected chi connectivity index (χ1v) is 4.45. The second-order valence-electron chi connectivity index (χ2n) is 2.96. The monoisotopic (exact) mass is 218 g/mol. The summed E-state index contributed by atoms with van der Waals surface area (Å²) in [6, 6.07) is 4.42. The predicted octanol–water partition coefficient (Wildman–Crippen LogP) is 2.29. The van der Waals surface area contributed by atoms with Crippen molar-refractivity contribution in [2.75, 3.05) is 12.3 Å². The number of anilines is 1. The zero-order valence-electron chi connectivity index (χ0n) is 8.37. The van der Waals surface area contributed by atoms with E-state index in [2.05, 4.69) is 10.0 Å². The van der Waals surface area contributed by atoms with E-state index in [1.165, 1.54) is 18.2 Å². The summed E-state index contributed by atoms with van der Waals surface area (Å²) in [5.74, 6) is -1.01. The van der Waals surface area contributed by atoms with Crippen molar-refractivity contribution < 1.29 is 9.90 Å². The van der Waals surface area contributed by atoms with Crippen molar-refractivity contribution in [3.05, 3.63) is 45.8 Å². The number of hydrogen-bond acceptors (Lipinski definition) is 3. The Morgan fingerprint density at radius 3 is 3.00 bits per heavy atom. The Balaban J connectivity index is 2.94. The van der Waals surface area contributed by atoms with Crippen LogP contribution < -0.4 is 5.73 Å². The van der Waals surface area contributed by atoms with Gasteiger partial charge < -0.3 is 10.8 Å². The molecule has 6 heteroatoms. The molecule has 0 aromatic heterocycles. The second kappa shape index (κ2) is 5.43. The number of carboxylic acid groups (broad SMARTS) is 1. The van der Waals surface area contributed by atoms with Crippen LogP contribution in [0, 0.1) is 0 Å². The van der Waals surface area contributed by atoms with E-state index in [0.717, 1.165) is 0 Å². The number of carbonyl (C=O) groups is 1. The average molecular weight is 218 g/mol. The molecule has 0 spiro atoms. The Morgan fingerprint density at radius 2 is 2.38 bits per heavy atom. The normalized spacial score (nSPS) is 10.0. The van der Waals surface area contributed by atoms with Crippen LogP contribution in [0.5, 0.6) is 0 Å². The van der Waals surface area contributed by atoms with Crippen LogP contribution in [0.15, 0.2) is 29.4 Å². The molecule has 1 rings (SSSR count). The van der Waals surface area contributed by atoms with E-state index in [1.54, 1.807) is 12.2 Å². The Labute approximate surface area is 91.6 Å². The lowest BCUT2D eigenvalue weighted by molar-refractivity contribution is 0.0697. The summed E-state index contributed by atoms with van der Waals surface area (Å²) >= 11 is 0. The zero-order chi connectivity index (χ0) is 12.0. The summed E-state index contributed by atoms with van der Waals surface area (Å²) in [7, 11) is 0. The molecule has 0 amide bonds. The molecule has 16 heavy (non-hydrogen) atoms. The molecule has 0 aliphatic carbocycles. The van der Waals surface area contributed by atoms with Crippen molar-refractivity contribution >= 4 is 17.7 Å². The van der Waals surface area contributed by atoms with Crippen LogP contribution in [-0.4, -0.2) is 17.6 Å². The summed E-state index contributed by atoms with van der Waals surface area (Å²) in [4.78, 5) is 13.3. The van der Waals surface area contributed by atoms with Gasteiger partial charge in [0.15, 0.2) is 0 Å². The standard InChI is InChI=1S/C10H10N4O2/c11-9-4-3-8(10(15)16)6-7(9)2-1-5-13-14-12/h1-4,6H,5,11H2,(H,15,16). The summed E-state index contributed by atoms with van der Waals surface area (Å²) in [5, 5.41) is 12.1. The Kier molecular flexibility index (Phi) is 3.94. The summed E-state index contributed by atoms with van der Waals surface area (Å²) < 4.78 is 0. The number of nitrogens with two attached hydrogens (primary N) is 1. The van der Waals surface area contributed by atoms with Gasteiger partial charge in [0.05, 0.1) is 5.56 Å². The van der Waals surface area contributed by atoms with Crippen LogP contribution in [0.4, 0.5) is 5.69 Å². The van der Waals surface area contributed by atoms with Gasteiger partial charge in [0.25, 0.3) is 0 Å². The molecular formula is C10H10N4O2. The molecule has 0 aliphatic heterocycles. The molecule has 0 aliphatic rings. The van der Waals surface area contributed by atoms with Crippen LogP contribution in [0.1, 0.15) is 15.9 Å². The third-order valence-electron chi connectivity index (χ3n) is 1.88. The third-order valence-corrected chi connectivity index (χ3v) is 1.88. The maximum Gasteiger partial charge on any atom is 0.335 e. The van der Waals surface area contributed by atoms with Crippen LogP contribution >= 0.6 is 0 Å². The van der Waals surface area contributed by atoms with E-state index in [9.17, 15) is 4.79 Å². The van der Waals surface area contributed by atoms with Gasteiger partial charge in [0.2, 0.25) is 0 Å². The number of aromatic carboxylic acids is 1. The number of azide groups is 1. The highest BCUT2D eigenvalue weighted by Crippen LogP contribution is 2.15. The molecule has 0 heterocycles. The summed E-state index contributed by atoms with van der Waals surface area (Å²) in [5.41, 5.74) is 14.9. The minimum Gasteiger partial charge on any atom is -0.478 e. The van der Waals surface area contributed by atoms with Gasteiger partial charge in [-0.3, -0.25) is 0 Å². The fourth-order valence-corrected chi connectivity index (χ4v) is 1.12. The Hall–Kier alpha value is -2.46. The van der Waals surface area contributed by atoms with Gasteiger partial charge in [0.1, 0.15) is 0 Å². The highest BCUT2D eigenvalue weighted by molar-refractivity contribution is 5.89. The van der Waals surface area contributed by atoms with E-state index in [1.807, 2.05) is 0 Å². The van der Waals surface area contributed by atoms with Gasteiger partial charge >= 0.3 is 5.97 Å². The SMILES string of the molecule is [N-]=[N+]=NCC=Cc1cc(C(=O)O)ccc1N. The number of nitrogen functional groups attached to an aromatic ring is 1. The smallest absolute Gasteiger partial charge is 0.335 e. The fraction of sp³-hybridized carbons (Fsp3) is 0.100. The number of hydrogen-bond donors (Lipinski definition) is 2. The molecule has 1 aromatic rings. The fourth-order valence-electron chi connectivity index (χ4n) is 1.12. The lowest BCUT2D eigenvalue weighted by atomic mass is 10.1. The topological polar surface area (TPSA) is 112 Å². The maximum absolute atomic E-state index is 10.7. The van der Waals surface area contributed by atoms with Crippen LogP contribution in [0.2, 0.25) is 0 Å². The van der Waals surface area contributed by atoms with Crippen molar-refractivity contribution in [3.8, 4) is 0 Å². The number of benzene rings is 1. The van der Waals surface area contributed by atoms with Gasteiger partial charge in [-0.05, 0) is 29.3 Å². The van der Waals surface area contributed by atoms with E-state index >= 15 is 0 Å². The molecule has 0 saturated carbocycles. The Morgan fingerprint density at radius 1 is 1.62 bits per heavy atom. The first-order valence-electron chi connectivity index (χ1n) is 4.45. The van der Waals surface area contributed by atoms with E-state index in [0.29, 0.717) is 11.3 Å². The van der Waals surface area contributed by atoms with Gasteiger partial charge in [0, 0.05) is 17.1 Å². The van der Waals surface area contributed by atoms with E-state index in [-0.39, 0.29) is 12.1 Å². The van der Waals surface area contributed by atoms with Crippen LogP contribution in [-0.2, 0) is 0 Å². The van der Waals surface area contributed by atoms with Gasteiger partial charge in [-0.15, -0.1) is 0 Å². The van der Waals surface area contributed by atoms with Crippen molar-refractivity contribution in [2.24, 2.45) is 5.11 Å². The number of nitrogens with zero attached hydrogens (tertiary/aromatic N) is 3. The first kappa shape index (κ1) is 11.6. The van der Waals surface area contributed by atoms with Crippen molar-refractivity contribution in [1.82, 2.24) is 0 Å². The molecular weight excluding hydrogens is 208 g/mol. The molecule has 0 radical (unpaired) electrons. The number of carboxylic acids is 1. The summed E-state index contributed by atoms with van der Waals surface area (Å²) in [6.45, 7) is 0.202. The molecule has 0 bridgehead atoms. The molecule has 1 aromatic carbocycles. The molecule has 0 fully saturated rings. The zero-order valence-corrected chi connectivity index (χ0v) is 8.37. The van der Waals surface area contributed by atoms with Crippen molar-refractivity contribution in [2.45, 2.75) is 0 Å². The summed E-state index contributed by atoms with van der Waals surface area (Å²) in [6.07, 6.45) is 3.23. The third kappa shape index (κ3) is 3.04. The molecule has 0 saturated heterocycles. The molecule has 0 unspecified atom stereocenters. The lowest BCUT2D eigenvalue weighted by Crippen LogP contribution is -1.98. The quantitative estimate of drug-likeness (QED) is 0.350.